The number of aliphatic carboxylic acids is 2. The van der Waals surface area contributed by atoms with Gasteiger partial charge in [-0.3, -0.25) is 20.0 Å². The Hall–Kier alpha value is -2.82. The van der Waals surface area contributed by atoms with Crippen LogP contribution >= 0.6 is 63.7 Å². The molecule has 0 saturated carbocycles. The van der Waals surface area contributed by atoms with Gasteiger partial charge in [0.25, 0.3) is 0 Å². The second-order valence-corrected chi connectivity index (χ2v) is 14.2. The predicted octanol–water partition coefficient (Wildman–Crippen LogP) is 4.08. The summed E-state index contributed by atoms with van der Waals surface area (Å²) in [6.45, 7) is 4.25. The van der Waals surface area contributed by atoms with Gasteiger partial charge >= 0.3 is 51.2 Å². The van der Waals surface area contributed by atoms with Crippen LogP contribution in [0.3, 0.4) is 0 Å². The number of benzene rings is 4. The molecule has 0 atom stereocenters. The molecule has 0 heterocycles. The Bertz CT molecular complexity index is 1670. The van der Waals surface area contributed by atoms with E-state index in [4.69, 9.17) is 19.8 Å². The van der Waals surface area contributed by atoms with Crippen LogP contribution in [-0.4, -0.2) is 63.0 Å². The van der Waals surface area contributed by atoms with E-state index in [2.05, 4.69) is 83.7 Å². The molecule has 0 aliphatic carbocycles. The summed E-state index contributed by atoms with van der Waals surface area (Å²) < 4.78 is 3.41. The first kappa shape index (κ1) is 58.5. The largest absolute Gasteiger partial charge is 2.00 e. The minimum atomic E-state index is -1.08. The number of halogens is 4. The maximum absolute atomic E-state index is 11.6. The monoisotopic (exact) mass is 1150 g/mol. The Labute approximate surface area is 397 Å². The van der Waals surface area contributed by atoms with Crippen molar-refractivity contribution in [3.05, 3.63) is 113 Å². The van der Waals surface area contributed by atoms with Crippen molar-refractivity contribution in [2.24, 2.45) is 20.0 Å². The molecule has 0 aliphatic rings. The van der Waals surface area contributed by atoms with Crippen molar-refractivity contribution in [1.82, 2.24) is 0 Å². The predicted molar refractivity (Wildman–Crippen MR) is 215 cm³/mol. The van der Waals surface area contributed by atoms with Gasteiger partial charge in [0.15, 0.2) is 0 Å². The zero-order valence-corrected chi connectivity index (χ0v) is 40.1. The quantitative estimate of drug-likeness (QED) is 0.114. The standard InChI is InChI=1S/2C17H16Br2N2O2.2C2H4O2.3Mn/c2*18-14-2-4-16(22)12(8-14)10-20-6-1-7-21-11-13-9-15(19)3-5-17(13)23;2*1-2(3)4;;;/h2*2-5,8-11,22-23H,1,6-7H2;2*1H3,(H,3,4);;;/q;;;;3*+2/p-6. The van der Waals surface area contributed by atoms with Gasteiger partial charge in [0, 0.05) is 80.9 Å². The minimum absolute atomic E-state index is 0. The van der Waals surface area contributed by atoms with Gasteiger partial charge in [0.2, 0.25) is 0 Å². The molecule has 0 saturated heterocycles. The zero-order chi connectivity index (χ0) is 40.5. The number of carbonyl (C=O) groups excluding carboxylic acids is 2. The fraction of sp³-hybridized carbons (Fsp3) is 0.211. The number of rotatable bonds is 12. The summed E-state index contributed by atoms with van der Waals surface area (Å²) >= 11 is 13.3. The van der Waals surface area contributed by atoms with Crippen LogP contribution in [0.5, 0.6) is 23.0 Å². The molecule has 4 aromatic carbocycles. The molecule has 0 aliphatic heterocycles. The average Bonchev–Trinajstić information content (AvgIpc) is 3.09. The van der Waals surface area contributed by atoms with Crippen LogP contribution in [0.4, 0.5) is 0 Å². The molecule has 0 spiro atoms. The van der Waals surface area contributed by atoms with Gasteiger partial charge in [-0.1, -0.05) is 111 Å². The van der Waals surface area contributed by atoms with Gasteiger partial charge in [-0.25, -0.2) is 0 Å². The van der Waals surface area contributed by atoms with E-state index in [1.807, 2.05) is 0 Å². The van der Waals surface area contributed by atoms with Crippen molar-refractivity contribution in [2.45, 2.75) is 26.7 Å². The van der Waals surface area contributed by atoms with Crippen molar-refractivity contribution in [2.75, 3.05) is 26.2 Å². The van der Waals surface area contributed by atoms with Gasteiger partial charge in [-0.05, 0) is 97.5 Å². The number of nitrogens with zero attached hydrogens (tertiary/aromatic N) is 4. The molecule has 0 bridgehead atoms. The number of aliphatic imine (C=N–C) groups is 4. The second kappa shape index (κ2) is 34.1. The Kier molecular flexibility index (Phi) is 35.0. The number of hydrogen-bond donors (Lipinski definition) is 0. The number of carboxylic acid groups (broad SMARTS) is 2. The van der Waals surface area contributed by atoms with Crippen LogP contribution in [0.1, 0.15) is 48.9 Å². The Balaban J connectivity index is -0.000000823. The number of carbonyl (C=O) groups is 2. The average molecular weight is 1160 g/mol. The summed E-state index contributed by atoms with van der Waals surface area (Å²) in [6, 6.07) is 19.8. The Morgan fingerprint density at radius 1 is 0.456 bits per heavy atom. The van der Waals surface area contributed by atoms with Crippen molar-refractivity contribution < 1.29 is 91.4 Å². The first-order valence-electron chi connectivity index (χ1n) is 15.8. The molecular weight excluding hydrogens is 1120 g/mol. The molecule has 0 aromatic heterocycles. The van der Waals surface area contributed by atoms with E-state index in [-0.39, 0.29) is 74.2 Å². The first-order chi connectivity index (χ1) is 25.6. The Morgan fingerprint density at radius 2 is 0.632 bits per heavy atom. The smallest absolute Gasteiger partial charge is 0.872 e. The second-order valence-electron chi connectivity index (χ2n) is 10.6. The van der Waals surface area contributed by atoms with Crippen molar-refractivity contribution in [1.29, 1.82) is 0 Å². The minimum Gasteiger partial charge on any atom is -0.872 e. The van der Waals surface area contributed by atoms with Gasteiger partial charge in [-0.15, -0.1) is 0 Å². The molecule has 3 radical (unpaired) electrons. The summed E-state index contributed by atoms with van der Waals surface area (Å²) in [7, 11) is 0. The van der Waals surface area contributed by atoms with Crippen LogP contribution in [-0.2, 0) is 60.8 Å². The van der Waals surface area contributed by atoms with Gasteiger partial charge in [0.05, 0.1) is 0 Å². The fourth-order valence-electron chi connectivity index (χ4n) is 3.64. The molecule has 19 heteroatoms. The molecular formula is C38H34Br4Mn3N4O8. The summed E-state index contributed by atoms with van der Waals surface area (Å²) in [6.07, 6.45) is 7.83. The zero-order valence-electron chi connectivity index (χ0n) is 30.2. The summed E-state index contributed by atoms with van der Waals surface area (Å²) in [5, 5.41) is 64.1. The Morgan fingerprint density at radius 3 is 0.807 bits per heavy atom. The molecule has 303 valence electrons. The third kappa shape index (κ3) is 29.1. The SMILES string of the molecule is CC(=O)[O-].CC(=O)[O-].[Mn+2].[Mn+2].[Mn+2].[O-]c1ccc(Br)cc1C=NCCCN=Cc1cc(Br)ccc1[O-].[O-]c1ccc(Br)cc1C=NCCCN=Cc1cc(Br)ccc1[O-]. The van der Waals surface area contributed by atoms with E-state index in [0.717, 1.165) is 44.6 Å². The fourth-order valence-corrected chi connectivity index (χ4v) is 5.15. The van der Waals surface area contributed by atoms with Crippen molar-refractivity contribution in [3.63, 3.8) is 0 Å². The van der Waals surface area contributed by atoms with Gasteiger partial charge < -0.3 is 40.2 Å². The van der Waals surface area contributed by atoms with Crippen molar-refractivity contribution in [3.8, 4) is 23.0 Å². The first-order valence-corrected chi connectivity index (χ1v) is 19.0. The molecule has 12 nitrogen and oxygen atoms in total. The van der Waals surface area contributed by atoms with Crippen molar-refractivity contribution >= 4 is 101 Å². The van der Waals surface area contributed by atoms with E-state index in [0.29, 0.717) is 48.4 Å². The maximum atomic E-state index is 11.6. The molecule has 0 fully saturated rings. The van der Waals surface area contributed by atoms with E-state index in [1.165, 1.54) is 24.3 Å². The van der Waals surface area contributed by atoms with Gasteiger partial charge in [0.1, 0.15) is 0 Å². The number of carboxylic acids is 2. The molecule has 4 aromatic rings. The van der Waals surface area contributed by atoms with Gasteiger partial charge in [-0.2, -0.15) is 0 Å². The topological polar surface area (TPSA) is 222 Å². The van der Waals surface area contributed by atoms with Crippen LogP contribution in [0, 0.1) is 0 Å². The van der Waals surface area contributed by atoms with Crippen LogP contribution in [0.15, 0.2) is 111 Å². The summed E-state index contributed by atoms with van der Waals surface area (Å²) in [5.41, 5.74) is 2.25. The maximum Gasteiger partial charge on any atom is 2.00 e. The van der Waals surface area contributed by atoms with Crippen LogP contribution in [0.2, 0.25) is 0 Å². The summed E-state index contributed by atoms with van der Waals surface area (Å²) in [4.78, 5) is 34.7. The molecule has 0 unspecified atom stereocenters. The molecule has 4 rings (SSSR count). The molecule has 0 amide bonds. The van der Waals surface area contributed by atoms with E-state index in [9.17, 15) is 20.4 Å². The third-order valence-corrected chi connectivity index (χ3v) is 7.93. The van der Waals surface area contributed by atoms with Crippen LogP contribution in [0.25, 0.3) is 0 Å². The van der Waals surface area contributed by atoms with Crippen LogP contribution < -0.4 is 30.6 Å². The van der Waals surface area contributed by atoms with E-state index < -0.39 is 11.9 Å². The number of hydrogen-bond acceptors (Lipinski definition) is 12. The van der Waals surface area contributed by atoms with E-state index >= 15 is 0 Å². The third-order valence-electron chi connectivity index (χ3n) is 5.96. The summed E-state index contributed by atoms with van der Waals surface area (Å²) in [5.74, 6) is -2.36. The molecule has 57 heavy (non-hydrogen) atoms. The normalized spacial score (nSPS) is 10.2. The van der Waals surface area contributed by atoms with E-state index in [1.54, 1.807) is 73.4 Å². The molecule has 0 N–H and O–H groups in total.